The second-order valence-corrected chi connectivity index (χ2v) is 4.63. The Balaban J connectivity index is 2.34. The van der Waals surface area contributed by atoms with Gasteiger partial charge in [0.15, 0.2) is 5.16 Å². The van der Waals surface area contributed by atoms with Gasteiger partial charge in [0.2, 0.25) is 0 Å². The first-order valence-electron chi connectivity index (χ1n) is 5.28. The molecule has 0 bridgehead atoms. The van der Waals surface area contributed by atoms with Crippen molar-refractivity contribution in [2.75, 3.05) is 0 Å². The summed E-state index contributed by atoms with van der Waals surface area (Å²) in [6.07, 6.45) is -3.58. The number of nitrogens with zero attached hydrogens (tertiary/aromatic N) is 2. The molecule has 1 N–H and O–H groups in total. The zero-order valence-corrected chi connectivity index (χ0v) is 10.6. The Bertz CT molecular complexity index is 647. The number of benzene rings is 1. The maximum atomic E-state index is 12.5. The van der Waals surface area contributed by atoms with Crippen molar-refractivity contribution in [1.29, 1.82) is 0 Å². The number of rotatable bonds is 3. The minimum absolute atomic E-state index is 0.0153. The maximum Gasteiger partial charge on any atom is 0.433 e. The van der Waals surface area contributed by atoms with Crippen LogP contribution in [-0.4, -0.2) is 21.0 Å². The molecule has 0 aliphatic rings. The van der Waals surface area contributed by atoms with E-state index < -0.39 is 17.8 Å². The molecule has 0 aliphatic heterocycles. The van der Waals surface area contributed by atoms with Gasteiger partial charge in [0.1, 0.15) is 5.69 Å². The lowest BCUT2D eigenvalue weighted by Gasteiger charge is -2.07. The van der Waals surface area contributed by atoms with E-state index in [-0.39, 0.29) is 15.6 Å². The van der Waals surface area contributed by atoms with Gasteiger partial charge in [0.05, 0.1) is 5.56 Å². The van der Waals surface area contributed by atoms with E-state index in [1.807, 2.05) is 0 Å². The highest BCUT2D eigenvalue weighted by Crippen LogP contribution is 2.31. The molecule has 0 saturated carbocycles. The molecule has 0 spiro atoms. The summed E-state index contributed by atoms with van der Waals surface area (Å²) >= 11 is 0.770. The SMILES string of the molecule is O=C(O)c1ccccc1Sc1nccc(C(F)(F)F)n1. The van der Waals surface area contributed by atoms with Gasteiger partial charge in [-0.25, -0.2) is 14.8 Å². The highest BCUT2D eigenvalue weighted by atomic mass is 32.2. The van der Waals surface area contributed by atoms with Crippen LogP contribution in [0.3, 0.4) is 0 Å². The predicted octanol–water partition coefficient (Wildman–Crippen LogP) is 3.34. The van der Waals surface area contributed by atoms with Crippen molar-refractivity contribution >= 4 is 17.7 Å². The fraction of sp³-hybridized carbons (Fsp3) is 0.0833. The van der Waals surface area contributed by atoms with Crippen LogP contribution >= 0.6 is 11.8 Å². The molecule has 1 aromatic carbocycles. The van der Waals surface area contributed by atoms with Crippen molar-refractivity contribution in [3.05, 3.63) is 47.8 Å². The Kier molecular flexibility index (Phi) is 3.93. The third kappa shape index (κ3) is 3.27. The van der Waals surface area contributed by atoms with Crippen LogP contribution in [0.2, 0.25) is 0 Å². The van der Waals surface area contributed by atoms with Crippen LogP contribution in [0.15, 0.2) is 46.6 Å². The molecule has 1 heterocycles. The molecular weight excluding hydrogens is 293 g/mol. The first-order chi connectivity index (χ1) is 9.38. The first kappa shape index (κ1) is 14.3. The van der Waals surface area contributed by atoms with Crippen LogP contribution in [0.4, 0.5) is 13.2 Å². The molecule has 20 heavy (non-hydrogen) atoms. The summed E-state index contributed by atoms with van der Waals surface area (Å²) < 4.78 is 37.6. The summed E-state index contributed by atoms with van der Waals surface area (Å²) in [5.41, 5.74) is -1.08. The largest absolute Gasteiger partial charge is 0.478 e. The van der Waals surface area contributed by atoms with Crippen LogP contribution < -0.4 is 0 Å². The van der Waals surface area contributed by atoms with Crippen LogP contribution in [0, 0.1) is 0 Å². The summed E-state index contributed by atoms with van der Waals surface area (Å²) in [6, 6.07) is 6.71. The number of aromatic nitrogens is 2. The van der Waals surface area contributed by atoms with Crippen LogP contribution in [-0.2, 0) is 6.18 Å². The van der Waals surface area contributed by atoms with Gasteiger partial charge in [0.25, 0.3) is 0 Å². The number of aromatic carboxylic acids is 1. The Morgan fingerprint density at radius 3 is 2.55 bits per heavy atom. The summed E-state index contributed by atoms with van der Waals surface area (Å²) in [4.78, 5) is 18.4. The van der Waals surface area contributed by atoms with E-state index in [9.17, 15) is 18.0 Å². The lowest BCUT2D eigenvalue weighted by atomic mass is 10.2. The Morgan fingerprint density at radius 2 is 1.90 bits per heavy atom. The summed E-state index contributed by atoms with van der Waals surface area (Å²) in [5.74, 6) is -1.17. The van der Waals surface area contributed by atoms with E-state index in [0.717, 1.165) is 24.0 Å². The molecular formula is C12H7F3N2O2S. The molecule has 0 atom stereocenters. The third-order valence-corrected chi connectivity index (χ3v) is 3.20. The van der Waals surface area contributed by atoms with Gasteiger partial charge in [0, 0.05) is 11.1 Å². The molecule has 0 amide bonds. The molecule has 1 aromatic heterocycles. The number of carboxylic acid groups (broad SMARTS) is 1. The monoisotopic (exact) mass is 300 g/mol. The van der Waals surface area contributed by atoms with E-state index in [4.69, 9.17) is 5.11 Å². The lowest BCUT2D eigenvalue weighted by molar-refractivity contribution is -0.141. The van der Waals surface area contributed by atoms with Crippen molar-refractivity contribution in [2.45, 2.75) is 16.2 Å². The van der Waals surface area contributed by atoms with Gasteiger partial charge in [-0.05, 0) is 30.0 Å². The Hall–Kier alpha value is -2.09. The van der Waals surface area contributed by atoms with E-state index >= 15 is 0 Å². The average Bonchev–Trinajstić information content (AvgIpc) is 2.38. The van der Waals surface area contributed by atoms with Crippen molar-refractivity contribution < 1.29 is 23.1 Å². The van der Waals surface area contributed by atoms with E-state index in [1.165, 1.54) is 18.2 Å². The van der Waals surface area contributed by atoms with Crippen molar-refractivity contribution in [3.63, 3.8) is 0 Å². The highest BCUT2D eigenvalue weighted by Gasteiger charge is 2.32. The molecule has 0 unspecified atom stereocenters. The lowest BCUT2D eigenvalue weighted by Crippen LogP contribution is -2.08. The summed E-state index contributed by atoms with van der Waals surface area (Å²) in [7, 11) is 0. The number of carbonyl (C=O) groups is 1. The molecule has 0 aliphatic carbocycles. The third-order valence-electron chi connectivity index (χ3n) is 2.24. The predicted molar refractivity (Wildman–Crippen MR) is 64.6 cm³/mol. The normalized spacial score (nSPS) is 11.3. The minimum atomic E-state index is -4.56. The zero-order valence-electron chi connectivity index (χ0n) is 9.76. The smallest absolute Gasteiger partial charge is 0.433 e. The second-order valence-electron chi connectivity index (χ2n) is 3.63. The summed E-state index contributed by atoms with van der Waals surface area (Å²) in [5, 5.41) is 8.83. The van der Waals surface area contributed by atoms with Crippen molar-refractivity contribution in [1.82, 2.24) is 9.97 Å². The Labute approximate surface area is 115 Å². The molecule has 0 fully saturated rings. The number of carboxylic acids is 1. The van der Waals surface area contributed by atoms with Gasteiger partial charge < -0.3 is 5.11 Å². The van der Waals surface area contributed by atoms with Gasteiger partial charge in [-0.3, -0.25) is 0 Å². The van der Waals surface area contributed by atoms with Crippen LogP contribution in [0.1, 0.15) is 16.1 Å². The second kappa shape index (κ2) is 5.49. The van der Waals surface area contributed by atoms with Gasteiger partial charge in [-0.1, -0.05) is 12.1 Å². The fourth-order valence-corrected chi connectivity index (χ4v) is 2.24. The number of hydrogen-bond donors (Lipinski definition) is 1. The minimum Gasteiger partial charge on any atom is -0.478 e. The molecule has 0 saturated heterocycles. The topological polar surface area (TPSA) is 63.1 Å². The zero-order chi connectivity index (χ0) is 14.8. The van der Waals surface area contributed by atoms with Crippen molar-refractivity contribution in [3.8, 4) is 0 Å². The quantitative estimate of drug-likeness (QED) is 0.881. The molecule has 2 aromatic rings. The van der Waals surface area contributed by atoms with E-state index in [1.54, 1.807) is 6.07 Å². The molecule has 4 nitrogen and oxygen atoms in total. The van der Waals surface area contributed by atoms with Crippen LogP contribution in [0.25, 0.3) is 0 Å². The van der Waals surface area contributed by atoms with Gasteiger partial charge in [-0.15, -0.1) is 0 Å². The number of hydrogen-bond acceptors (Lipinski definition) is 4. The molecule has 104 valence electrons. The van der Waals surface area contributed by atoms with E-state index in [2.05, 4.69) is 9.97 Å². The Morgan fingerprint density at radius 1 is 1.20 bits per heavy atom. The van der Waals surface area contributed by atoms with Gasteiger partial charge in [-0.2, -0.15) is 13.2 Å². The van der Waals surface area contributed by atoms with Gasteiger partial charge >= 0.3 is 12.1 Å². The first-order valence-corrected chi connectivity index (χ1v) is 6.10. The number of halogens is 3. The van der Waals surface area contributed by atoms with Crippen molar-refractivity contribution in [2.24, 2.45) is 0 Å². The van der Waals surface area contributed by atoms with Crippen LogP contribution in [0.5, 0.6) is 0 Å². The number of alkyl halides is 3. The molecule has 0 radical (unpaired) electrons. The average molecular weight is 300 g/mol. The maximum absolute atomic E-state index is 12.5. The fourth-order valence-electron chi connectivity index (χ4n) is 1.38. The van der Waals surface area contributed by atoms with E-state index in [0.29, 0.717) is 0 Å². The molecule has 2 rings (SSSR count). The summed E-state index contributed by atoms with van der Waals surface area (Å²) in [6.45, 7) is 0. The standard InChI is InChI=1S/C12H7F3N2O2S/c13-12(14,15)9-5-6-16-11(17-9)20-8-4-2-1-3-7(8)10(18)19/h1-6H,(H,18,19). The molecule has 8 heteroatoms. The highest BCUT2D eigenvalue weighted by molar-refractivity contribution is 7.99.